The highest BCUT2D eigenvalue weighted by atomic mass is 28.4. The first-order valence-corrected chi connectivity index (χ1v) is 20.4. The van der Waals surface area contributed by atoms with Crippen molar-refractivity contribution in [2.24, 2.45) is 0 Å². The van der Waals surface area contributed by atoms with E-state index >= 15 is 0 Å². The fourth-order valence-electron chi connectivity index (χ4n) is 4.27. The molecular weight excluding hydrogens is 443 g/mol. The Morgan fingerprint density at radius 3 is 1.39 bits per heavy atom. The van der Waals surface area contributed by atoms with E-state index in [-0.39, 0.29) is 0 Å². The van der Waals surface area contributed by atoms with E-state index in [1.54, 1.807) is 28.4 Å². The lowest BCUT2D eigenvalue weighted by molar-refractivity contribution is -0.0655. The Morgan fingerprint density at radius 1 is 0.581 bits per heavy atom. The molecule has 0 aliphatic heterocycles. The van der Waals surface area contributed by atoms with E-state index in [0.717, 1.165) is 31.5 Å². The maximum absolute atomic E-state index is 9.11. The molecule has 0 spiro atoms. The zero-order chi connectivity index (χ0) is 23.8. The van der Waals surface area contributed by atoms with Crippen LogP contribution in [0.25, 0.3) is 0 Å². The van der Waals surface area contributed by atoms with Gasteiger partial charge in [0.15, 0.2) is 16.6 Å². The van der Waals surface area contributed by atoms with Crippen molar-refractivity contribution in [3.8, 4) is 0 Å². The van der Waals surface area contributed by atoms with Gasteiger partial charge in [0, 0.05) is 41.0 Å². The zero-order valence-corrected chi connectivity index (χ0v) is 24.9. The minimum absolute atomic E-state index is 0.789. The Hall–Kier alpha value is 0.411. The molecule has 188 valence electrons. The highest BCUT2D eigenvalue weighted by Crippen LogP contribution is 2.27. The Morgan fingerprint density at radius 2 is 0.968 bits per heavy atom. The van der Waals surface area contributed by atoms with Crippen LogP contribution >= 0.6 is 0 Å². The van der Waals surface area contributed by atoms with Gasteiger partial charge in [0.05, 0.1) is 0 Å². The van der Waals surface area contributed by atoms with Crippen molar-refractivity contribution in [3.05, 3.63) is 0 Å². The highest BCUT2D eigenvalue weighted by molar-refractivity contribution is 6.84. The van der Waals surface area contributed by atoms with Gasteiger partial charge in [-0.05, 0) is 51.1 Å². The molecule has 0 aliphatic carbocycles. The Kier molecular flexibility index (Phi) is 17.2. The maximum Gasteiger partial charge on any atom is 0.500 e. The monoisotopic (exact) mass is 495 g/mol. The number of hydrogen-bond acceptors (Lipinski definition) is 6. The molecule has 6 nitrogen and oxygen atoms in total. The smallest absolute Gasteiger partial charge is 0.455 e. The number of hydrogen-bond donors (Lipinski definition) is 1. The van der Waals surface area contributed by atoms with E-state index in [4.69, 9.17) is 22.6 Å². The molecule has 0 aromatic rings. The van der Waals surface area contributed by atoms with E-state index in [2.05, 4.69) is 26.2 Å². The van der Waals surface area contributed by atoms with Gasteiger partial charge in [-0.15, -0.1) is 0 Å². The van der Waals surface area contributed by atoms with Gasteiger partial charge < -0.3 is 22.6 Å². The summed E-state index contributed by atoms with van der Waals surface area (Å²) in [6.07, 6.45) is 12.7. The molecule has 1 N–H and O–H groups in total. The van der Waals surface area contributed by atoms with Gasteiger partial charge in [-0.1, -0.05) is 51.4 Å². The van der Waals surface area contributed by atoms with Crippen molar-refractivity contribution in [1.82, 2.24) is 5.06 Å². The fourth-order valence-corrected chi connectivity index (χ4v) is 15.3. The number of unbranched alkanes of at least 4 members (excludes halogenated alkanes) is 8. The molecule has 0 aliphatic rings. The van der Waals surface area contributed by atoms with Gasteiger partial charge in [-0.25, -0.2) is 0 Å². The number of rotatable bonds is 21. The van der Waals surface area contributed by atoms with Crippen LogP contribution in [0.15, 0.2) is 0 Å². The molecule has 0 aromatic heterocycles. The third-order valence-electron chi connectivity index (χ3n) is 6.01. The second-order valence-corrected chi connectivity index (χ2v) is 22.0. The minimum Gasteiger partial charge on any atom is -0.455 e. The molecular formula is C22H53NO5Si3. The van der Waals surface area contributed by atoms with Crippen LogP contribution in [0.5, 0.6) is 0 Å². The van der Waals surface area contributed by atoms with Crippen molar-refractivity contribution >= 4 is 25.4 Å². The molecule has 0 unspecified atom stereocenters. The second kappa shape index (κ2) is 16.9. The van der Waals surface area contributed by atoms with Crippen LogP contribution in [0, 0.1) is 0 Å². The number of nitrogens with zero attached hydrogens (tertiary/aromatic N) is 1. The van der Waals surface area contributed by atoms with Gasteiger partial charge >= 0.3 is 8.80 Å². The van der Waals surface area contributed by atoms with Crippen molar-refractivity contribution in [1.29, 1.82) is 0 Å². The SMILES string of the molecule is CO[Si](CCC[Si](C)(C)O[Si](C)(C)CCCCCCCCCCCN(C)O)(OC)OC. The van der Waals surface area contributed by atoms with Crippen molar-refractivity contribution in [3.63, 3.8) is 0 Å². The van der Waals surface area contributed by atoms with Crippen LogP contribution in [0.3, 0.4) is 0 Å². The van der Waals surface area contributed by atoms with Crippen LogP contribution in [0.1, 0.15) is 64.2 Å². The van der Waals surface area contributed by atoms with Gasteiger partial charge in [0.25, 0.3) is 0 Å². The quantitative estimate of drug-likeness (QED) is 0.111. The first-order valence-electron chi connectivity index (χ1n) is 12.3. The summed E-state index contributed by atoms with van der Waals surface area (Å²) in [5, 5.41) is 10.4. The summed E-state index contributed by atoms with van der Waals surface area (Å²) in [6.45, 7) is 10.3. The van der Waals surface area contributed by atoms with Crippen LogP contribution in [-0.4, -0.2) is 70.6 Å². The van der Waals surface area contributed by atoms with E-state index in [9.17, 15) is 0 Å². The third-order valence-corrected chi connectivity index (χ3v) is 16.4. The molecule has 0 aromatic carbocycles. The Bertz CT molecular complexity index is 427. The summed E-state index contributed by atoms with van der Waals surface area (Å²) in [6, 6.07) is 3.25. The van der Waals surface area contributed by atoms with Crippen LogP contribution in [-0.2, 0) is 17.4 Å². The Balaban J connectivity index is 3.93. The predicted octanol–water partition coefficient (Wildman–Crippen LogP) is 6.51. The first kappa shape index (κ1) is 31.4. The average Bonchev–Trinajstić information content (AvgIpc) is 2.68. The molecule has 0 amide bonds. The lowest BCUT2D eigenvalue weighted by atomic mass is 10.1. The first-order chi connectivity index (χ1) is 14.5. The third kappa shape index (κ3) is 16.6. The molecule has 0 saturated carbocycles. The fraction of sp³-hybridized carbons (Fsp3) is 1.00. The summed E-state index contributed by atoms with van der Waals surface area (Å²) in [4.78, 5) is 0. The largest absolute Gasteiger partial charge is 0.500 e. The van der Waals surface area contributed by atoms with E-state index in [1.807, 2.05) is 0 Å². The van der Waals surface area contributed by atoms with Crippen LogP contribution < -0.4 is 0 Å². The summed E-state index contributed by atoms with van der Waals surface area (Å²) in [5.74, 6) is 0. The molecule has 0 radical (unpaired) electrons. The van der Waals surface area contributed by atoms with Crippen LogP contribution in [0.4, 0.5) is 0 Å². The molecule has 9 heteroatoms. The molecule has 0 atom stereocenters. The number of hydroxylamine groups is 2. The van der Waals surface area contributed by atoms with Gasteiger partial charge in [0.1, 0.15) is 0 Å². The molecule has 31 heavy (non-hydrogen) atoms. The van der Waals surface area contributed by atoms with E-state index in [0.29, 0.717) is 0 Å². The van der Waals surface area contributed by atoms with Crippen molar-refractivity contribution in [2.45, 2.75) is 109 Å². The molecule has 0 rings (SSSR count). The molecule has 0 heterocycles. The van der Waals surface area contributed by atoms with Gasteiger partial charge in [-0.2, -0.15) is 5.06 Å². The van der Waals surface area contributed by atoms with E-state index < -0.39 is 25.4 Å². The highest BCUT2D eigenvalue weighted by Gasteiger charge is 2.39. The summed E-state index contributed by atoms with van der Waals surface area (Å²) in [5.41, 5.74) is 0. The molecule has 0 saturated heterocycles. The van der Waals surface area contributed by atoms with Crippen molar-refractivity contribution in [2.75, 3.05) is 34.9 Å². The lowest BCUT2D eigenvalue weighted by Crippen LogP contribution is -2.45. The van der Waals surface area contributed by atoms with Gasteiger partial charge in [0.2, 0.25) is 0 Å². The lowest BCUT2D eigenvalue weighted by Gasteiger charge is -2.35. The Labute approximate surface area is 196 Å². The summed E-state index contributed by atoms with van der Waals surface area (Å²) >= 11 is 0. The minimum atomic E-state index is -2.46. The average molecular weight is 496 g/mol. The summed E-state index contributed by atoms with van der Waals surface area (Å²) in [7, 11) is 1.03. The second-order valence-electron chi connectivity index (χ2n) is 10.1. The normalized spacial score (nSPS) is 13.4. The van der Waals surface area contributed by atoms with Crippen molar-refractivity contribution < 1.29 is 22.6 Å². The standard InChI is InChI=1S/C22H53NO5Si3/c1-23(24)19-16-14-12-10-9-11-13-15-17-20-29(5,6)28-30(7,8)21-18-22-31(25-2,26-3)27-4/h24H,9-22H2,1-8H3. The van der Waals surface area contributed by atoms with E-state index in [1.165, 1.54) is 62.5 Å². The zero-order valence-electron chi connectivity index (χ0n) is 21.9. The van der Waals surface area contributed by atoms with Gasteiger partial charge in [-0.3, -0.25) is 0 Å². The maximum atomic E-state index is 9.11. The van der Waals surface area contributed by atoms with Crippen LogP contribution in [0.2, 0.25) is 44.3 Å². The summed E-state index contributed by atoms with van der Waals surface area (Å²) < 4.78 is 23.4. The molecule has 0 fully saturated rings. The molecule has 0 bridgehead atoms. The predicted molar refractivity (Wildman–Crippen MR) is 138 cm³/mol. The topological polar surface area (TPSA) is 60.4 Å².